The number of nitrogens with one attached hydrogen (secondary N) is 1. The van der Waals surface area contributed by atoms with Gasteiger partial charge in [0.2, 0.25) is 0 Å². The molecule has 0 aliphatic carbocycles. The van der Waals surface area contributed by atoms with Crippen LogP contribution in [0.5, 0.6) is 0 Å². The summed E-state index contributed by atoms with van der Waals surface area (Å²) in [5, 5.41) is 2.83. The summed E-state index contributed by atoms with van der Waals surface area (Å²) in [5.74, 6) is 0. The molecule has 0 saturated carbocycles. The van der Waals surface area contributed by atoms with Gasteiger partial charge < -0.3 is 14.6 Å². The number of carbonyl (C=O) groups excluding carboxylic acids is 1. The van der Waals surface area contributed by atoms with Gasteiger partial charge in [-0.1, -0.05) is 0 Å². The van der Waals surface area contributed by atoms with E-state index in [1.807, 2.05) is 4.90 Å². The summed E-state index contributed by atoms with van der Waals surface area (Å²) in [6.07, 6.45) is 7.64. The Morgan fingerprint density at radius 2 is 2.24 bits per heavy atom. The van der Waals surface area contributed by atoms with Gasteiger partial charge in [0.15, 0.2) is 0 Å². The van der Waals surface area contributed by atoms with E-state index < -0.39 is 6.17 Å². The Labute approximate surface area is 145 Å². The summed E-state index contributed by atoms with van der Waals surface area (Å²) in [6.45, 7) is 1.81. The lowest BCUT2D eigenvalue weighted by atomic mass is 10.2. The molecule has 0 radical (unpaired) electrons. The lowest BCUT2D eigenvalue weighted by Crippen LogP contribution is -2.44. The first-order valence-corrected chi connectivity index (χ1v) is 8.24. The molecule has 1 aliphatic rings. The van der Waals surface area contributed by atoms with Crippen LogP contribution in [0.2, 0.25) is 0 Å². The van der Waals surface area contributed by atoms with E-state index in [-0.39, 0.29) is 12.1 Å². The van der Waals surface area contributed by atoms with Gasteiger partial charge >= 0.3 is 6.03 Å². The molecule has 25 heavy (non-hydrogen) atoms. The van der Waals surface area contributed by atoms with Crippen LogP contribution in [-0.4, -0.2) is 58.1 Å². The number of amides is 2. The molecule has 134 valence electrons. The van der Waals surface area contributed by atoms with Crippen LogP contribution in [0.15, 0.2) is 41.7 Å². The Balaban J connectivity index is 1.53. The van der Waals surface area contributed by atoms with E-state index in [4.69, 9.17) is 4.42 Å². The third kappa shape index (κ3) is 4.76. The number of hydrogen-bond donors (Lipinski definition) is 1. The van der Waals surface area contributed by atoms with Gasteiger partial charge in [-0.15, -0.1) is 0 Å². The van der Waals surface area contributed by atoms with E-state index in [0.29, 0.717) is 32.6 Å². The van der Waals surface area contributed by atoms with Crippen molar-refractivity contribution in [1.82, 2.24) is 25.1 Å². The number of hydrogen-bond acceptors (Lipinski definition) is 5. The molecule has 1 aliphatic heterocycles. The van der Waals surface area contributed by atoms with Crippen LogP contribution in [0.4, 0.5) is 9.18 Å². The predicted molar refractivity (Wildman–Crippen MR) is 89.3 cm³/mol. The first kappa shape index (κ1) is 17.3. The number of furan rings is 1. The van der Waals surface area contributed by atoms with E-state index in [1.165, 1.54) is 6.33 Å². The molecule has 3 rings (SSSR count). The first-order valence-electron chi connectivity index (χ1n) is 8.24. The summed E-state index contributed by atoms with van der Waals surface area (Å²) in [4.78, 5) is 23.9. The third-order valence-electron chi connectivity index (χ3n) is 4.33. The van der Waals surface area contributed by atoms with Gasteiger partial charge in [0.1, 0.15) is 12.5 Å². The quantitative estimate of drug-likeness (QED) is 0.863. The highest BCUT2D eigenvalue weighted by atomic mass is 19.1. The third-order valence-corrected chi connectivity index (χ3v) is 4.33. The lowest BCUT2D eigenvalue weighted by molar-refractivity contribution is 0.174. The molecule has 1 N–H and O–H groups in total. The van der Waals surface area contributed by atoms with E-state index in [2.05, 4.69) is 15.3 Å². The Morgan fingerprint density at radius 1 is 1.44 bits per heavy atom. The van der Waals surface area contributed by atoms with Gasteiger partial charge in [-0.3, -0.25) is 4.90 Å². The topological polar surface area (TPSA) is 74.5 Å². The van der Waals surface area contributed by atoms with Crippen LogP contribution in [0.25, 0.3) is 0 Å². The smallest absolute Gasteiger partial charge is 0.317 e. The fraction of sp³-hybridized carbons (Fsp3) is 0.471. The standard InChI is InChI=1S/C17H22FN5O2/c1-22(17(24)21-7-13-2-3-25-11-13)10-16-4-15(18)9-23(16)8-14-5-19-12-20-6-14/h2-3,5-6,11-12,15-16H,4,7-10H2,1H3,(H,21,24)/t15-,16-/m0/s1. The maximum atomic E-state index is 13.9. The molecule has 0 unspecified atom stereocenters. The maximum absolute atomic E-state index is 13.9. The molecule has 1 saturated heterocycles. The summed E-state index contributed by atoms with van der Waals surface area (Å²) in [7, 11) is 1.72. The minimum absolute atomic E-state index is 0.0279. The molecule has 1 fully saturated rings. The maximum Gasteiger partial charge on any atom is 0.317 e. The van der Waals surface area contributed by atoms with Gasteiger partial charge in [0.25, 0.3) is 0 Å². The molecule has 0 aromatic carbocycles. The number of urea groups is 1. The molecule has 7 nitrogen and oxygen atoms in total. The summed E-state index contributed by atoms with van der Waals surface area (Å²) in [6, 6.07) is 1.58. The van der Waals surface area contributed by atoms with Gasteiger partial charge in [-0.25, -0.2) is 19.2 Å². The zero-order valence-electron chi connectivity index (χ0n) is 14.1. The number of carbonyl (C=O) groups is 1. The molecule has 2 atom stereocenters. The number of alkyl halides is 1. The number of rotatable bonds is 6. The van der Waals surface area contributed by atoms with Crippen LogP contribution < -0.4 is 5.32 Å². The molecule has 2 amide bonds. The Hall–Kier alpha value is -2.48. The Bertz CT molecular complexity index is 667. The molecule has 2 aromatic rings. The second kappa shape index (κ2) is 8.06. The van der Waals surface area contributed by atoms with E-state index in [1.54, 1.807) is 42.9 Å². The summed E-state index contributed by atoms with van der Waals surface area (Å²) in [5.41, 5.74) is 1.84. The van der Waals surface area contributed by atoms with Crippen molar-refractivity contribution in [2.75, 3.05) is 20.1 Å². The minimum Gasteiger partial charge on any atom is -0.472 e. The molecule has 0 bridgehead atoms. The molecule has 3 heterocycles. The minimum atomic E-state index is -0.878. The first-order chi connectivity index (χ1) is 12.1. The Morgan fingerprint density at radius 3 is 2.96 bits per heavy atom. The second-order valence-electron chi connectivity index (χ2n) is 6.33. The normalized spacial score (nSPS) is 20.6. The molecular weight excluding hydrogens is 325 g/mol. The average molecular weight is 347 g/mol. The average Bonchev–Trinajstić information content (AvgIpc) is 3.23. The van der Waals surface area contributed by atoms with Crippen molar-refractivity contribution in [2.45, 2.75) is 31.7 Å². The monoisotopic (exact) mass is 347 g/mol. The largest absolute Gasteiger partial charge is 0.472 e. The fourth-order valence-corrected chi connectivity index (χ4v) is 3.06. The van der Waals surface area contributed by atoms with Crippen molar-refractivity contribution in [3.63, 3.8) is 0 Å². The highest BCUT2D eigenvalue weighted by Crippen LogP contribution is 2.23. The van der Waals surface area contributed by atoms with Gasteiger partial charge in [-0.2, -0.15) is 0 Å². The number of nitrogens with zero attached hydrogens (tertiary/aromatic N) is 4. The molecule has 2 aromatic heterocycles. The van der Waals surface area contributed by atoms with Crippen LogP contribution in [0.3, 0.4) is 0 Å². The number of halogens is 1. The zero-order valence-corrected chi connectivity index (χ0v) is 14.1. The van der Waals surface area contributed by atoms with Crippen molar-refractivity contribution < 1.29 is 13.6 Å². The van der Waals surface area contributed by atoms with E-state index in [0.717, 1.165) is 11.1 Å². The molecular formula is C17H22FN5O2. The molecule has 8 heteroatoms. The van der Waals surface area contributed by atoms with Crippen LogP contribution in [-0.2, 0) is 13.1 Å². The van der Waals surface area contributed by atoms with Crippen molar-refractivity contribution in [1.29, 1.82) is 0 Å². The number of likely N-dealkylation sites (N-methyl/N-ethyl adjacent to an activating group) is 1. The number of aromatic nitrogens is 2. The van der Waals surface area contributed by atoms with E-state index >= 15 is 0 Å². The highest BCUT2D eigenvalue weighted by Gasteiger charge is 2.33. The Kier molecular flexibility index (Phi) is 5.60. The zero-order chi connectivity index (χ0) is 17.6. The number of likely N-dealkylation sites (tertiary alicyclic amines) is 1. The van der Waals surface area contributed by atoms with Crippen molar-refractivity contribution in [3.05, 3.63) is 48.4 Å². The molecule has 0 spiro atoms. The second-order valence-corrected chi connectivity index (χ2v) is 6.33. The highest BCUT2D eigenvalue weighted by molar-refractivity contribution is 5.73. The van der Waals surface area contributed by atoms with Crippen LogP contribution >= 0.6 is 0 Å². The van der Waals surface area contributed by atoms with Gasteiger partial charge in [-0.05, 0) is 12.5 Å². The SMILES string of the molecule is CN(C[C@@H]1C[C@H](F)CN1Cc1cncnc1)C(=O)NCc1ccoc1. The van der Waals surface area contributed by atoms with Crippen molar-refractivity contribution in [2.24, 2.45) is 0 Å². The van der Waals surface area contributed by atoms with Gasteiger partial charge in [0.05, 0.1) is 12.5 Å². The summed E-state index contributed by atoms with van der Waals surface area (Å²) >= 11 is 0. The van der Waals surface area contributed by atoms with Crippen LogP contribution in [0.1, 0.15) is 17.5 Å². The lowest BCUT2D eigenvalue weighted by Gasteiger charge is -2.28. The fourth-order valence-electron chi connectivity index (χ4n) is 3.06. The van der Waals surface area contributed by atoms with Crippen molar-refractivity contribution >= 4 is 6.03 Å². The van der Waals surface area contributed by atoms with Crippen LogP contribution in [0, 0.1) is 0 Å². The summed E-state index contributed by atoms with van der Waals surface area (Å²) < 4.78 is 18.9. The van der Waals surface area contributed by atoms with E-state index in [9.17, 15) is 9.18 Å². The van der Waals surface area contributed by atoms with Crippen molar-refractivity contribution in [3.8, 4) is 0 Å². The predicted octanol–water partition coefficient (Wildman–Crippen LogP) is 1.82. The van der Waals surface area contributed by atoms with Gasteiger partial charge in [0, 0.05) is 62.8 Å².